The summed E-state index contributed by atoms with van der Waals surface area (Å²) in [5.74, 6) is -7.74. The molecule has 0 saturated carbocycles. The summed E-state index contributed by atoms with van der Waals surface area (Å²) in [5.41, 5.74) is 0.384. The van der Waals surface area contributed by atoms with Gasteiger partial charge in [0, 0.05) is 39.0 Å². The van der Waals surface area contributed by atoms with Gasteiger partial charge < -0.3 is 38.3 Å². The summed E-state index contributed by atoms with van der Waals surface area (Å²) < 4.78 is 206. The maximum absolute atomic E-state index is 12.0. The van der Waals surface area contributed by atoms with E-state index >= 15 is 0 Å². The van der Waals surface area contributed by atoms with Crippen molar-refractivity contribution in [2.75, 3.05) is 26.4 Å². The van der Waals surface area contributed by atoms with Crippen molar-refractivity contribution < 1.29 is 142 Å². The molecule has 82 heavy (non-hydrogen) atoms. The zero-order chi connectivity index (χ0) is 67.5. The summed E-state index contributed by atoms with van der Waals surface area (Å²) in [4.78, 5) is 84.4. The lowest BCUT2D eigenvalue weighted by Gasteiger charge is -2.22. The molecule has 0 unspecified atom stereocenters. The second-order valence-corrected chi connectivity index (χ2v) is 18.5. The molecule has 0 atom stereocenters. The molecular weight excluding hydrogens is 1150 g/mol. The van der Waals surface area contributed by atoms with Crippen LogP contribution in [0.2, 0.25) is 0 Å². The normalized spacial score (nSPS) is 11.1. The fraction of sp³-hybridized carbons (Fsp3) is 0.569. The van der Waals surface area contributed by atoms with Gasteiger partial charge in [-0.05, 0) is 81.1 Å². The fourth-order valence-electron chi connectivity index (χ4n) is 2.73. The molecule has 0 bridgehead atoms. The zero-order valence-corrected chi connectivity index (χ0v) is 47.6. The molecule has 0 amide bonds. The van der Waals surface area contributed by atoms with Gasteiger partial charge in [-0.25, -0.2) is 38.4 Å². The lowest BCUT2D eigenvalue weighted by atomic mass is 9.99. The van der Waals surface area contributed by atoms with E-state index in [4.69, 9.17) is 19.3 Å². The molecule has 0 rings (SSSR count). The molecule has 0 fully saturated rings. The third-order valence-electron chi connectivity index (χ3n) is 6.57. The quantitative estimate of drug-likeness (QED) is 0.0499. The Bertz CT molecular complexity index is 2090. The summed E-state index contributed by atoms with van der Waals surface area (Å²) in [5, 5.41) is 7.89. The Hall–Kier alpha value is -7.11. The molecule has 1 N–H and O–H groups in total. The molecule has 0 aromatic rings. The Morgan fingerprint density at radius 2 is 0.695 bits per heavy atom. The lowest BCUT2D eigenvalue weighted by Crippen LogP contribution is -2.46. The first-order valence-electron chi connectivity index (χ1n) is 22.6. The lowest BCUT2D eigenvalue weighted by molar-refractivity contribution is -0.314. The van der Waals surface area contributed by atoms with Crippen LogP contribution in [0.3, 0.4) is 0 Å². The van der Waals surface area contributed by atoms with E-state index in [0.29, 0.717) is 29.9 Å². The van der Waals surface area contributed by atoms with E-state index in [9.17, 15) is 104 Å². The minimum absolute atomic E-state index is 0.0328. The van der Waals surface area contributed by atoms with Crippen LogP contribution < -0.4 is 0 Å². The molecule has 0 spiro atoms. The van der Waals surface area contributed by atoms with Crippen LogP contribution in [-0.2, 0) is 71.5 Å². The van der Waals surface area contributed by atoms with Crippen molar-refractivity contribution in [3.63, 3.8) is 0 Å². The predicted molar refractivity (Wildman–Crippen MR) is 265 cm³/mol. The SMILES string of the molecule is C=C(C)C(=O)O.C=C(C)C(=O)OC(C(F)(F)F)C(F)(F)F.C=C(C)C(=O)OC(C)(C)C.C=C(C)C(=O)OCC(=O)OC(C(F)(F)F)C(F)(F)F.C=C(C)C(=O)OCC(C)(C)C.C=C(C)C(=O)OCC(F)(F)F.C=C(C)C(=O)OCCCC. The maximum Gasteiger partial charge on any atom is 0.434 e. The van der Waals surface area contributed by atoms with Gasteiger partial charge in [0.2, 0.25) is 0 Å². The topological polar surface area (TPSA) is 221 Å². The largest absolute Gasteiger partial charge is 0.478 e. The van der Waals surface area contributed by atoms with E-state index in [1.165, 1.54) is 20.8 Å². The van der Waals surface area contributed by atoms with E-state index < -0.39 is 97.3 Å². The monoisotopic (exact) mass is 1220 g/mol. The number of unbranched alkanes of at least 4 members (excludes halogenated alkanes) is 1. The van der Waals surface area contributed by atoms with Gasteiger partial charge in [0.05, 0.1) is 13.2 Å². The first-order chi connectivity index (χ1) is 36.1. The number of carbonyl (C=O) groups excluding carboxylic acids is 7. The van der Waals surface area contributed by atoms with Crippen molar-refractivity contribution in [2.24, 2.45) is 5.41 Å². The van der Waals surface area contributed by atoms with E-state index in [2.05, 4.69) is 71.9 Å². The molecule has 0 aliphatic rings. The average Bonchev–Trinajstić information content (AvgIpc) is 3.25. The number of aliphatic carboxylic acids is 1. The number of rotatable bonds is 16. The van der Waals surface area contributed by atoms with Crippen LogP contribution in [0.15, 0.2) is 85.1 Å². The average molecular weight is 1230 g/mol. The molecule has 0 aliphatic heterocycles. The molecule has 0 aromatic carbocycles. The highest BCUT2D eigenvalue weighted by Crippen LogP contribution is 2.37. The fourth-order valence-corrected chi connectivity index (χ4v) is 2.73. The van der Waals surface area contributed by atoms with Gasteiger partial charge >= 0.3 is 78.6 Å². The minimum Gasteiger partial charge on any atom is -0.478 e. The number of hydrogen-bond donors (Lipinski definition) is 1. The van der Waals surface area contributed by atoms with Gasteiger partial charge in [-0.1, -0.05) is 80.2 Å². The van der Waals surface area contributed by atoms with Crippen molar-refractivity contribution in [1.82, 2.24) is 0 Å². The Kier molecular flexibility index (Phi) is 43.4. The summed E-state index contributed by atoms with van der Waals surface area (Å²) >= 11 is 0. The highest BCUT2D eigenvalue weighted by Gasteiger charge is 2.61. The molecule has 0 radical (unpaired) electrons. The Labute approximate surface area is 465 Å². The molecule has 0 saturated heterocycles. The van der Waals surface area contributed by atoms with Gasteiger partial charge in [0.25, 0.3) is 12.2 Å². The van der Waals surface area contributed by atoms with Crippen molar-refractivity contribution >= 4 is 47.8 Å². The number of carboxylic acid groups (broad SMARTS) is 1. The number of ether oxygens (including phenoxy) is 7. The first-order valence-corrected chi connectivity index (χ1v) is 22.6. The molecule has 0 heterocycles. The molecular formula is C51H71F15O16. The number of halogens is 15. The molecule has 0 aromatic heterocycles. The van der Waals surface area contributed by atoms with Crippen LogP contribution in [0.5, 0.6) is 0 Å². The van der Waals surface area contributed by atoms with Crippen LogP contribution in [0, 0.1) is 5.41 Å². The number of esters is 7. The molecule has 31 heteroatoms. The first kappa shape index (κ1) is 88.7. The third-order valence-corrected chi connectivity index (χ3v) is 6.57. The Morgan fingerprint density at radius 3 is 0.927 bits per heavy atom. The summed E-state index contributed by atoms with van der Waals surface area (Å²) in [6, 6.07) is 0. The van der Waals surface area contributed by atoms with Gasteiger partial charge in [-0.3, -0.25) is 0 Å². The van der Waals surface area contributed by atoms with Crippen molar-refractivity contribution in [3.05, 3.63) is 85.1 Å². The van der Waals surface area contributed by atoms with Gasteiger partial charge in [0.1, 0.15) is 5.60 Å². The van der Waals surface area contributed by atoms with Crippen molar-refractivity contribution in [1.29, 1.82) is 0 Å². The van der Waals surface area contributed by atoms with Gasteiger partial charge in [-0.15, -0.1) is 0 Å². The van der Waals surface area contributed by atoms with Crippen molar-refractivity contribution in [2.45, 2.75) is 158 Å². The number of carboxylic acids is 1. The summed E-state index contributed by atoms with van der Waals surface area (Å²) in [7, 11) is 0. The smallest absolute Gasteiger partial charge is 0.434 e. The Morgan fingerprint density at radius 1 is 0.415 bits per heavy atom. The molecule has 0 aliphatic carbocycles. The van der Waals surface area contributed by atoms with Crippen LogP contribution in [0.4, 0.5) is 65.9 Å². The van der Waals surface area contributed by atoms with Gasteiger partial charge in [0.15, 0.2) is 13.2 Å². The molecule has 476 valence electrons. The van der Waals surface area contributed by atoms with E-state index in [0.717, 1.165) is 19.8 Å². The highest BCUT2D eigenvalue weighted by atomic mass is 19.4. The number of hydrogen-bond acceptors (Lipinski definition) is 15. The van der Waals surface area contributed by atoms with E-state index in [1.807, 2.05) is 41.5 Å². The number of alkyl halides is 15. The third kappa shape index (κ3) is 59.0. The second kappa shape index (κ2) is 40.1. The van der Waals surface area contributed by atoms with E-state index in [-0.39, 0.29) is 40.0 Å². The van der Waals surface area contributed by atoms with Crippen LogP contribution in [-0.4, -0.2) is 128 Å². The summed E-state index contributed by atoms with van der Waals surface area (Å²) in [6.45, 7) is 44.0. The zero-order valence-electron chi connectivity index (χ0n) is 47.6. The summed E-state index contributed by atoms with van der Waals surface area (Å²) in [6.07, 6.45) is -33.9. The minimum atomic E-state index is -5.81. The van der Waals surface area contributed by atoms with Crippen LogP contribution >= 0.6 is 0 Å². The van der Waals surface area contributed by atoms with Crippen LogP contribution in [0.25, 0.3) is 0 Å². The highest BCUT2D eigenvalue weighted by molar-refractivity contribution is 5.89. The predicted octanol–water partition coefficient (Wildman–Crippen LogP) is 13.0. The maximum atomic E-state index is 12.0. The Balaban J connectivity index is -0.000000164. The second-order valence-electron chi connectivity index (χ2n) is 18.5. The number of carbonyl (C=O) groups is 8. The molecule has 16 nitrogen and oxygen atoms in total. The standard InChI is InChI=1S/C9H8F6O4.C9H16O2.2C8H14O2.C7H6F6O2.C6H7F3O2.C4H6O2/c1-4(2)6(17)18-3-5(16)19-7(8(10,11)12)9(13,14)15;1-7(2)8(10)11-6-9(3,4)5;1-6(2)7(9)10-8(3,4)5;1-4-5-6-10-8(9)7(2)3;1-3(2)4(14)15-5(6(8,9)10)7(11,12)13;1-4(2)5(10)11-3-6(7,8)9;1-3(2)4(5)6/h7H,1,3H2,2H3;1,6H2,2-5H3;1H2,2-5H3;2,4-6H2,1,3H3;5H,1H2,2H3;1,3H2,2H3;1H2,2H3,(H,5,6). The van der Waals surface area contributed by atoms with Crippen molar-refractivity contribution in [3.8, 4) is 0 Å². The van der Waals surface area contributed by atoms with Crippen LogP contribution in [0.1, 0.15) is 110 Å². The van der Waals surface area contributed by atoms with E-state index in [1.54, 1.807) is 20.8 Å². The van der Waals surface area contributed by atoms with Gasteiger partial charge in [-0.2, -0.15) is 65.9 Å².